The van der Waals surface area contributed by atoms with Gasteiger partial charge < -0.3 is 0 Å². The zero-order chi connectivity index (χ0) is 17.5. The third kappa shape index (κ3) is 4.78. The summed E-state index contributed by atoms with van der Waals surface area (Å²) >= 11 is 0. The molecule has 0 unspecified atom stereocenters. The summed E-state index contributed by atoms with van der Waals surface area (Å²) in [5.41, 5.74) is 7.17. The minimum absolute atomic E-state index is 0.203. The second kappa shape index (κ2) is 7.92. The van der Waals surface area contributed by atoms with Crippen LogP contribution in [0.1, 0.15) is 21.5 Å². The molecule has 3 rings (SSSR count). The van der Waals surface area contributed by atoms with Gasteiger partial charge in [0.05, 0.1) is 24.7 Å². The van der Waals surface area contributed by atoms with E-state index >= 15 is 0 Å². The highest BCUT2D eigenvalue weighted by Gasteiger charge is 2.10. The van der Waals surface area contributed by atoms with E-state index < -0.39 is 5.91 Å². The highest BCUT2D eigenvalue weighted by atomic mass is 16.2. The van der Waals surface area contributed by atoms with Crippen molar-refractivity contribution in [1.29, 1.82) is 0 Å². The summed E-state index contributed by atoms with van der Waals surface area (Å²) in [4.78, 5) is 23.9. The maximum atomic E-state index is 12.1. The van der Waals surface area contributed by atoms with Crippen LogP contribution in [-0.2, 0) is 17.8 Å². The second-order valence-corrected chi connectivity index (χ2v) is 5.58. The zero-order valence-electron chi connectivity index (χ0n) is 13.6. The molecule has 0 spiro atoms. The van der Waals surface area contributed by atoms with Crippen molar-refractivity contribution in [2.24, 2.45) is 0 Å². The number of amides is 2. The van der Waals surface area contributed by atoms with Gasteiger partial charge in [0, 0.05) is 6.20 Å². The van der Waals surface area contributed by atoms with Crippen molar-refractivity contribution >= 4 is 11.8 Å². The van der Waals surface area contributed by atoms with Gasteiger partial charge in [0.1, 0.15) is 0 Å². The average molecular weight is 334 g/mol. The summed E-state index contributed by atoms with van der Waals surface area (Å²) in [6.45, 7) is 0.578. The highest BCUT2D eigenvalue weighted by Crippen LogP contribution is 2.04. The minimum atomic E-state index is -0.402. The minimum Gasteiger partial charge on any atom is -0.273 e. The van der Waals surface area contributed by atoms with Crippen molar-refractivity contribution in [2.45, 2.75) is 13.0 Å². The van der Waals surface area contributed by atoms with Crippen LogP contribution < -0.4 is 10.9 Å². The van der Waals surface area contributed by atoms with Crippen molar-refractivity contribution < 1.29 is 9.59 Å². The van der Waals surface area contributed by atoms with E-state index in [4.69, 9.17) is 0 Å². The van der Waals surface area contributed by atoms with E-state index in [1.807, 2.05) is 60.7 Å². The summed E-state index contributed by atoms with van der Waals surface area (Å²) in [6, 6.07) is 19.2. The summed E-state index contributed by atoms with van der Waals surface area (Å²) in [7, 11) is 0. The Hall–Kier alpha value is -3.41. The van der Waals surface area contributed by atoms with Crippen molar-refractivity contribution in [3.63, 3.8) is 0 Å². The molecule has 0 radical (unpaired) electrons. The van der Waals surface area contributed by atoms with Gasteiger partial charge in [-0.3, -0.25) is 25.1 Å². The van der Waals surface area contributed by atoms with Gasteiger partial charge in [-0.1, -0.05) is 60.7 Å². The first kappa shape index (κ1) is 16.4. The van der Waals surface area contributed by atoms with Crippen molar-refractivity contribution in [2.75, 3.05) is 0 Å². The number of carbonyl (C=O) groups is 2. The second-order valence-electron chi connectivity index (χ2n) is 5.58. The first-order valence-corrected chi connectivity index (χ1v) is 7.90. The zero-order valence-corrected chi connectivity index (χ0v) is 13.6. The van der Waals surface area contributed by atoms with Gasteiger partial charge in [-0.25, -0.2) is 0 Å². The van der Waals surface area contributed by atoms with Gasteiger partial charge >= 0.3 is 0 Å². The topological polar surface area (TPSA) is 76.0 Å². The molecule has 0 aliphatic heterocycles. The molecule has 0 fully saturated rings. The molecule has 126 valence electrons. The van der Waals surface area contributed by atoms with Gasteiger partial charge in [0.15, 0.2) is 0 Å². The monoisotopic (exact) mass is 334 g/mol. The summed E-state index contributed by atoms with van der Waals surface area (Å²) in [6.07, 6.45) is 3.32. The van der Waals surface area contributed by atoms with Crippen LogP contribution in [0.2, 0.25) is 0 Å². The molecular weight excluding hydrogens is 316 g/mol. The quantitative estimate of drug-likeness (QED) is 0.700. The molecule has 3 aromatic rings. The fourth-order valence-corrected chi connectivity index (χ4v) is 2.36. The number of hydrogen-bond donors (Lipinski definition) is 2. The Balaban J connectivity index is 1.51. The largest absolute Gasteiger partial charge is 0.273 e. The van der Waals surface area contributed by atoms with E-state index in [1.54, 1.807) is 10.9 Å². The SMILES string of the molecule is O=C(Cc1ccccc1)NNC(=O)c1cnn(Cc2ccccc2)c1. The van der Waals surface area contributed by atoms with E-state index in [9.17, 15) is 9.59 Å². The molecule has 0 aliphatic rings. The van der Waals surface area contributed by atoms with Crippen LogP contribution in [0.4, 0.5) is 0 Å². The molecule has 0 saturated carbocycles. The summed E-state index contributed by atoms with van der Waals surface area (Å²) in [5, 5.41) is 4.17. The van der Waals surface area contributed by atoms with Gasteiger partial charge in [-0.2, -0.15) is 5.10 Å². The Kier molecular flexibility index (Phi) is 5.21. The van der Waals surface area contributed by atoms with Crippen LogP contribution in [0.25, 0.3) is 0 Å². The molecule has 6 heteroatoms. The smallest absolute Gasteiger partial charge is 0.272 e. The number of hydrogen-bond acceptors (Lipinski definition) is 3. The van der Waals surface area contributed by atoms with Crippen molar-refractivity contribution in [3.05, 3.63) is 89.7 Å². The van der Waals surface area contributed by atoms with Crippen LogP contribution in [0.5, 0.6) is 0 Å². The molecule has 2 amide bonds. The van der Waals surface area contributed by atoms with Crippen molar-refractivity contribution in [1.82, 2.24) is 20.6 Å². The van der Waals surface area contributed by atoms with E-state index in [1.165, 1.54) is 6.20 Å². The number of benzene rings is 2. The molecule has 0 atom stereocenters. The molecule has 0 aliphatic carbocycles. The van der Waals surface area contributed by atoms with Crippen molar-refractivity contribution in [3.8, 4) is 0 Å². The number of carbonyl (C=O) groups excluding carboxylic acids is 2. The lowest BCUT2D eigenvalue weighted by molar-refractivity contribution is -0.121. The van der Waals surface area contributed by atoms with Crippen LogP contribution in [0, 0.1) is 0 Å². The number of nitrogens with one attached hydrogen (secondary N) is 2. The highest BCUT2D eigenvalue weighted by molar-refractivity contribution is 5.95. The summed E-state index contributed by atoms with van der Waals surface area (Å²) < 4.78 is 1.68. The van der Waals surface area contributed by atoms with Crippen LogP contribution in [0.15, 0.2) is 73.1 Å². The first-order chi connectivity index (χ1) is 12.2. The van der Waals surface area contributed by atoms with E-state index in [2.05, 4.69) is 16.0 Å². The Bertz CT molecular complexity index is 844. The van der Waals surface area contributed by atoms with Crippen LogP contribution in [-0.4, -0.2) is 21.6 Å². The molecule has 25 heavy (non-hydrogen) atoms. The lowest BCUT2D eigenvalue weighted by atomic mass is 10.1. The van der Waals surface area contributed by atoms with Gasteiger partial charge in [0.2, 0.25) is 5.91 Å². The molecule has 6 nitrogen and oxygen atoms in total. The number of nitrogens with zero attached hydrogens (tertiary/aromatic N) is 2. The average Bonchev–Trinajstić information content (AvgIpc) is 3.10. The fraction of sp³-hybridized carbons (Fsp3) is 0.105. The standard InChI is InChI=1S/C19H18N4O2/c24-18(11-15-7-3-1-4-8-15)21-22-19(25)17-12-20-23(14-17)13-16-9-5-2-6-10-16/h1-10,12,14H,11,13H2,(H,21,24)(H,22,25). The lowest BCUT2D eigenvalue weighted by Gasteiger charge is -2.06. The third-order valence-corrected chi connectivity index (χ3v) is 3.61. The number of aromatic nitrogens is 2. The van der Waals surface area contributed by atoms with Crippen LogP contribution >= 0.6 is 0 Å². The molecule has 1 heterocycles. The molecule has 1 aromatic heterocycles. The third-order valence-electron chi connectivity index (χ3n) is 3.61. The fourth-order valence-electron chi connectivity index (χ4n) is 2.36. The molecular formula is C19H18N4O2. The van der Waals surface area contributed by atoms with E-state index in [0.717, 1.165) is 11.1 Å². The van der Waals surface area contributed by atoms with Gasteiger partial charge in [-0.05, 0) is 11.1 Å². The lowest BCUT2D eigenvalue weighted by Crippen LogP contribution is -2.42. The maximum Gasteiger partial charge on any atom is 0.272 e. The predicted octanol–water partition coefficient (Wildman–Crippen LogP) is 1.94. The van der Waals surface area contributed by atoms with Crippen LogP contribution in [0.3, 0.4) is 0 Å². The summed E-state index contributed by atoms with van der Waals surface area (Å²) in [5.74, 6) is -0.683. The normalized spacial score (nSPS) is 10.2. The molecule has 2 N–H and O–H groups in total. The Morgan fingerprint density at radius 3 is 2.20 bits per heavy atom. The predicted molar refractivity (Wildman–Crippen MR) is 93.5 cm³/mol. The Labute approximate surface area is 145 Å². The van der Waals surface area contributed by atoms with E-state index in [-0.39, 0.29) is 12.3 Å². The van der Waals surface area contributed by atoms with Gasteiger partial charge in [-0.15, -0.1) is 0 Å². The van der Waals surface area contributed by atoms with E-state index in [0.29, 0.717) is 12.1 Å². The number of rotatable bonds is 5. The molecule has 0 saturated heterocycles. The Morgan fingerprint density at radius 1 is 0.880 bits per heavy atom. The first-order valence-electron chi connectivity index (χ1n) is 7.90. The number of hydrazine groups is 1. The molecule has 0 bridgehead atoms. The van der Waals surface area contributed by atoms with Gasteiger partial charge in [0.25, 0.3) is 5.91 Å². The Morgan fingerprint density at radius 2 is 1.52 bits per heavy atom. The molecule has 2 aromatic carbocycles. The maximum absolute atomic E-state index is 12.1.